The Morgan fingerprint density at radius 3 is 2.44 bits per heavy atom. The third-order valence-corrected chi connectivity index (χ3v) is 5.26. The highest BCUT2D eigenvalue weighted by atomic mass is 19.1. The first-order valence-electron chi connectivity index (χ1n) is 10.4. The minimum Gasteiger partial charge on any atom is -0.497 e. The number of hydrogen-bond donors (Lipinski definition) is 1. The summed E-state index contributed by atoms with van der Waals surface area (Å²) in [6.07, 6.45) is 1.33. The maximum Gasteiger partial charge on any atom is 0.335 e. The first-order chi connectivity index (χ1) is 16.4. The number of urea groups is 1. The van der Waals surface area contributed by atoms with Crippen molar-refractivity contribution in [2.45, 2.75) is 13.5 Å². The van der Waals surface area contributed by atoms with Gasteiger partial charge in [0.05, 0.1) is 12.8 Å². The second kappa shape index (κ2) is 9.58. The molecule has 3 aromatic carbocycles. The summed E-state index contributed by atoms with van der Waals surface area (Å²) in [5.41, 5.74) is 1.76. The Hall–Kier alpha value is -4.46. The van der Waals surface area contributed by atoms with E-state index in [1.165, 1.54) is 19.3 Å². The van der Waals surface area contributed by atoms with Crippen molar-refractivity contribution in [3.05, 3.63) is 94.8 Å². The lowest BCUT2D eigenvalue weighted by atomic mass is 10.1. The van der Waals surface area contributed by atoms with Crippen LogP contribution in [0.25, 0.3) is 6.08 Å². The third kappa shape index (κ3) is 4.66. The van der Waals surface area contributed by atoms with E-state index >= 15 is 0 Å². The Balaban J connectivity index is 1.69. The van der Waals surface area contributed by atoms with Gasteiger partial charge in [-0.1, -0.05) is 35.9 Å². The van der Waals surface area contributed by atoms with Crippen LogP contribution in [0.1, 0.15) is 16.7 Å². The summed E-state index contributed by atoms with van der Waals surface area (Å²) in [6.45, 7) is 1.80. The number of imide groups is 2. The number of carbonyl (C=O) groups is 3. The zero-order valence-electron chi connectivity index (χ0n) is 18.5. The monoisotopic (exact) mass is 460 g/mol. The van der Waals surface area contributed by atoms with Crippen LogP contribution in [-0.4, -0.2) is 25.0 Å². The smallest absolute Gasteiger partial charge is 0.335 e. The minimum absolute atomic E-state index is 0.0792. The maximum absolute atomic E-state index is 14.0. The van der Waals surface area contributed by atoms with Crippen LogP contribution in [0.2, 0.25) is 0 Å². The van der Waals surface area contributed by atoms with Gasteiger partial charge in [0.2, 0.25) is 0 Å². The van der Waals surface area contributed by atoms with Gasteiger partial charge in [0.15, 0.2) is 0 Å². The SMILES string of the molecule is COc1ccc(/C=C2\C(=O)NC(=O)N(c3ccc(C)cc3)C2=O)c(OCc2ccccc2F)c1. The van der Waals surface area contributed by atoms with Crippen LogP contribution in [0.15, 0.2) is 72.3 Å². The zero-order valence-corrected chi connectivity index (χ0v) is 18.5. The Labute approximate surface area is 195 Å². The summed E-state index contributed by atoms with van der Waals surface area (Å²) in [5, 5.41) is 2.19. The topological polar surface area (TPSA) is 84.9 Å². The quantitative estimate of drug-likeness (QED) is 0.436. The fraction of sp³-hybridized carbons (Fsp3) is 0.115. The molecule has 1 aliphatic heterocycles. The van der Waals surface area contributed by atoms with Crippen LogP contribution in [0.5, 0.6) is 11.5 Å². The van der Waals surface area contributed by atoms with Gasteiger partial charge in [-0.15, -0.1) is 0 Å². The number of barbiturate groups is 1. The van der Waals surface area contributed by atoms with Crippen molar-refractivity contribution in [2.24, 2.45) is 0 Å². The molecule has 7 nitrogen and oxygen atoms in total. The molecule has 4 amide bonds. The molecule has 0 aromatic heterocycles. The number of benzene rings is 3. The molecule has 0 bridgehead atoms. The standard InChI is InChI=1S/C26H21FN2O5/c1-16-7-10-19(11-8-16)29-25(31)21(24(30)28-26(29)32)13-17-9-12-20(33-2)14-23(17)34-15-18-5-3-4-6-22(18)27/h3-14H,15H2,1-2H3,(H,28,30,32)/b21-13+. The molecule has 0 spiro atoms. The number of ether oxygens (including phenoxy) is 2. The molecule has 3 aromatic rings. The molecule has 1 aliphatic rings. The number of halogens is 1. The van der Waals surface area contributed by atoms with Crippen LogP contribution in [-0.2, 0) is 16.2 Å². The van der Waals surface area contributed by atoms with Gasteiger partial charge < -0.3 is 9.47 Å². The average molecular weight is 460 g/mol. The Bertz CT molecular complexity index is 1300. The van der Waals surface area contributed by atoms with E-state index in [2.05, 4.69) is 5.32 Å². The summed E-state index contributed by atoms with van der Waals surface area (Å²) >= 11 is 0. The van der Waals surface area contributed by atoms with E-state index in [4.69, 9.17) is 9.47 Å². The van der Waals surface area contributed by atoms with E-state index in [0.29, 0.717) is 22.6 Å². The molecule has 1 N–H and O–H groups in total. The zero-order chi connectivity index (χ0) is 24.2. The molecular formula is C26H21FN2O5. The number of anilines is 1. The lowest BCUT2D eigenvalue weighted by Crippen LogP contribution is -2.54. The second-order valence-electron chi connectivity index (χ2n) is 7.58. The highest BCUT2D eigenvalue weighted by molar-refractivity contribution is 6.39. The molecule has 4 rings (SSSR count). The molecule has 0 aliphatic carbocycles. The number of amides is 4. The molecule has 0 radical (unpaired) electrons. The van der Waals surface area contributed by atoms with E-state index in [1.54, 1.807) is 60.7 Å². The van der Waals surface area contributed by atoms with Crippen molar-refractivity contribution in [1.82, 2.24) is 5.32 Å². The second-order valence-corrected chi connectivity index (χ2v) is 7.58. The van der Waals surface area contributed by atoms with Crippen LogP contribution in [0.4, 0.5) is 14.9 Å². The largest absolute Gasteiger partial charge is 0.497 e. The summed E-state index contributed by atoms with van der Waals surface area (Å²) in [6, 6.07) is 16.9. The molecule has 34 heavy (non-hydrogen) atoms. The molecule has 8 heteroatoms. The van der Waals surface area contributed by atoms with Gasteiger partial charge in [0, 0.05) is 17.2 Å². The van der Waals surface area contributed by atoms with Crippen LogP contribution in [0, 0.1) is 12.7 Å². The lowest BCUT2D eigenvalue weighted by Gasteiger charge is -2.26. The van der Waals surface area contributed by atoms with E-state index in [-0.39, 0.29) is 17.9 Å². The van der Waals surface area contributed by atoms with E-state index < -0.39 is 23.7 Å². The lowest BCUT2D eigenvalue weighted by molar-refractivity contribution is -0.122. The highest BCUT2D eigenvalue weighted by Crippen LogP contribution is 2.30. The van der Waals surface area contributed by atoms with Gasteiger partial charge >= 0.3 is 6.03 Å². The van der Waals surface area contributed by atoms with Crippen molar-refractivity contribution < 1.29 is 28.2 Å². The van der Waals surface area contributed by atoms with Crippen molar-refractivity contribution in [2.75, 3.05) is 12.0 Å². The van der Waals surface area contributed by atoms with Gasteiger partial charge in [-0.2, -0.15) is 0 Å². The maximum atomic E-state index is 14.0. The predicted octanol–water partition coefficient (Wildman–Crippen LogP) is 4.39. The van der Waals surface area contributed by atoms with Gasteiger partial charge in [-0.05, 0) is 43.3 Å². The summed E-state index contributed by atoms with van der Waals surface area (Å²) in [5.74, 6) is -1.27. The van der Waals surface area contributed by atoms with E-state index in [1.807, 2.05) is 6.92 Å². The van der Waals surface area contributed by atoms with E-state index in [0.717, 1.165) is 10.5 Å². The van der Waals surface area contributed by atoms with Crippen LogP contribution < -0.4 is 19.7 Å². The van der Waals surface area contributed by atoms with Crippen molar-refractivity contribution >= 4 is 29.6 Å². The van der Waals surface area contributed by atoms with Crippen molar-refractivity contribution in [3.8, 4) is 11.5 Å². The summed E-state index contributed by atoms with van der Waals surface area (Å²) in [7, 11) is 1.48. The van der Waals surface area contributed by atoms with Gasteiger partial charge in [0.1, 0.15) is 29.5 Å². The fourth-order valence-corrected chi connectivity index (χ4v) is 3.40. The van der Waals surface area contributed by atoms with Crippen LogP contribution >= 0.6 is 0 Å². The van der Waals surface area contributed by atoms with Crippen LogP contribution in [0.3, 0.4) is 0 Å². The summed E-state index contributed by atoms with van der Waals surface area (Å²) in [4.78, 5) is 39.0. The number of nitrogens with zero attached hydrogens (tertiary/aromatic N) is 1. The number of methoxy groups -OCH3 is 1. The normalized spacial score (nSPS) is 14.9. The Morgan fingerprint density at radius 2 is 1.74 bits per heavy atom. The number of rotatable bonds is 6. The van der Waals surface area contributed by atoms with Gasteiger partial charge in [0.25, 0.3) is 11.8 Å². The van der Waals surface area contributed by atoms with E-state index in [9.17, 15) is 18.8 Å². The first kappa shape index (κ1) is 22.7. The van der Waals surface area contributed by atoms with Gasteiger partial charge in [-0.25, -0.2) is 14.1 Å². The molecular weight excluding hydrogens is 439 g/mol. The predicted molar refractivity (Wildman–Crippen MR) is 124 cm³/mol. The molecule has 1 saturated heterocycles. The molecule has 0 atom stereocenters. The third-order valence-electron chi connectivity index (χ3n) is 5.26. The molecule has 1 fully saturated rings. The first-order valence-corrected chi connectivity index (χ1v) is 10.4. The fourth-order valence-electron chi connectivity index (χ4n) is 3.40. The molecule has 1 heterocycles. The van der Waals surface area contributed by atoms with Crippen molar-refractivity contribution in [1.29, 1.82) is 0 Å². The Morgan fingerprint density at radius 1 is 1.00 bits per heavy atom. The molecule has 0 saturated carbocycles. The van der Waals surface area contributed by atoms with Gasteiger partial charge in [-0.3, -0.25) is 14.9 Å². The minimum atomic E-state index is -0.832. The molecule has 0 unspecified atom stereocenters. The molecule has 172 valence electrons. The number of aryl methyl sites for hydroxylation is 1. The average Bonchev–Trinajstić information content (AvgIpc) is 2.82. The number of hydrogen-bond acceptors (Lipinski definition) is 5. The number of nitrogens with one attached hydrogen (secondary N) is 1. The summed E-state index contributed by atoms with van der Waals surface area (Å²) < 4.78 is 25.1. The Kier molecular flexibility index (Phi) is 6.40. The highest BCUT2D eigenvalue weighted by Gasteiger charge is 2.37. The number of carbonyl (C=O) groups excluding carboxylic acids is 3. The van der Waals surface area contributed by atoms with Crippen molar-refractivity contribution in [3.63, 3.8) is 0 Å².